The van der Waals surface area contributed by atoms with E-state index in [1.54, 1.807) is 0 Å². The molecule has 0 atom stereocenters. The molecule has 4 nitrogen and oxygen atoms in total. The van der Waals surface area contributed by atoms with Crippen LogP contribution < -0.4 is 4.74 Å². The fourth-order valence-corrected chi connectivity index (χ4v) is 1.59. The van der Waals surface area contributed by atoms with Gasteiger partial charge in [-0.05, 0) is 0 Å². The molecule has 0 amide bonds. The summed E-state index contributed by atoms with van der Waals surface area (Å²) in [7, 11) is 1.41. The minimum absolute atomic E-state index is 0.0689. The number of ether oxygens (including phenoxy) is 1. The summed E-state index contributed by atoms with van der Waals surface area (Å²) >= 11 is 5.83. The van der Waals surface area contributed by atoms with Crippen LogP contribution in [0.15, 0.2) is 6.07 Å². The zero-order valence-corrected chi connectivity index (χ0v) is 10.4. The number of halogens is 1. The van der Waals surface area contributed by atoms with E-state index in [1.807, 2.05) is 20.8 Å². The number of aromatic nitrogens is 1. The number of carbonyl (C=O) groups is 1. The second-order valence-corrected chi connectivity index (χ2v) is 4.81. The molecule has 1 aromatic rings. The highest BCUT2D eigenvalue weighted by Crippen LogP contribution is 2.32. The highest BCUT2D eigenvalue weighted by atomic mass is 35.5. The van der Waals surface area contributed by atoms with Gasteiger partial charge in [0.05, 0.1) is 12.8 Å². The summed E-state index contributed by atoms with van der Waals surface area (Å²) in [6, 6.07) is 1.40. The molecule has 0 saturated heterocycles. The van der Waals surface area contributed by atoms with E-state index in [0.29, 0.717) is 5.69 Å². The molecule has 1 rings (SSSR count). The monoisotopic (exact) mass is 243 g/mol. The lowest BCUT2D eigenvalue weighted by molar-refractivity contribution is 0.0689. The second kappa shape index (κ2) is 4.29. The van der Waals surface area contributed by atoms with Gasteiger partial charge in [-0.3, -0.25) is 0 Å². The van der Waals surface area contributed by atoms with Crippen LogP contribution in [0.2, 0.25) is 5.15 Å². The Morgan fingerprint density at radius 2 is 2.06 bits per heavy atom. The lowest BCUT2D eigenvalue weighted by atomic mass is 9.88. The summed E-state index contributed by atoms with van der Waals surface area (Å²) in [5, 5.41) is 9.40. The quantitative estimate of drug-likeness (QED) is 0.812. The molecule has 1 aromatic heterocycles. The Hall–Kier alpha value is -1.29. The highest BCUT2D eigenvalue weighted by Gasteiger charge is 2.27. The first-order chi connectivity index (χ1) is 7.27. The van der Waals surface area contributed by atoms with Gasteiger partial charge in [0.15, 0.2) is 0 Å². The molecule has 16 heavy (non-hydrogen) atoms. The zero-order chi connectivity index (χ0) is 12.5. The molecule has 0 aliphatic carbocycles. The van der Waals surface area contributed by atoms with Crippen LogP contribution in [0.1, 0.15) is 36.8 Å². The van der Waals surface area contributed by atoms with Crippen LogP contribution in [0.4, 0.5) is 0 Å². The van der Waals surface area contributed by atoms with Crippen molar-refractivity contribution in [3.05, 3.63) is 22.5 Å². The van der Waals surface area contributed by atoms with Crippen molar-refractivity contribution in [1.82, 2.24) is 4.98 Å². The Kier molecular flexibility index (Phi) is 3.43. The van der Waals surface area contributed by atoms with Gasteiger partial charge >= 0.3 is 5.97 Å². The van der Waals surface area contributed by atoms with E-state index in [9.17, 15) is 4.79 Å². The van der Waals surface area contributed by atoms with Gasteiger partial charge in [0.2, 0.25) is 0 Å². The van der Waals surface area contributed by atoms with Crippen LogP contribution in [-0.4, -0.2) is 23.2 Å². The molecule has 5 heteroatoms. The van der Waals surface area contributed by atoms with Gasteiger partial charge in [-0.2, -0.15) is 0 Å². The number of carboxylic acid groups (broad SMARTS) is 1. The van der Waals surface area contributed by atoms with Crippen molar-refractivity contribution in [2.24, 2.45) is 0 Å². The SMILES string of the molecule is COc1cc(Cl)nc(C(C)(C)C)c1C(=O)O. The molecule has 0 aliphatic rings. The number of hydrogen-bond donors (Lipinski definition) is 1. The minimum atomic E-state index is -1.06. The lowest BCUT2D eigenvalue weighted by Gasteiger charge is -2.21. The molecule has 0 bridgehead atoms. The number of nitrogens with zero attached hydrogens (tertiary/aromatic N) is 1. The smallest absolute Gasteiger partial charge is 0.341 e. The van der Waals surface area contributed by atoms with Crippen LogP contribution in [0, 0.1) is 0 Å². The average molecular weight is 244 g/mol. The standard InChI is InChI=1S/C11H14ClNO3/c1-11(2,3)9-8(10(14)15)6(16-4)5-7(12)13-9/h5H,1-4H3,(H,14,15). The predicted octanol–water partition coefficient (Wildman–Crippen LogP) is 2.74. The fraction of sp³-hybridized carbons (Fsp3) is 0.455. The second-order valence-electron chi connectivity index (χ2n) is 4.43. The molecule has 0 aromatic carbocycles. The molecule has 0 unspecified atom stereocenters. The Labute approximate surface area is 99.2 Å². The van der Waals surface area contributed by atoms with E-state index in [0.717, 1.165) is 0 Å². The molecule has 0 saturated carbocycles. The van der Waals surface area contributed by atoms with Gasteiger partial charge in [0.25, 0.3) is 0 Å². The molecule has 1 heterocycles. The summed E-state index contributed by atoms with van der Waals surface area (Å²) in [5.74, 6) is -0.830. The third-order valence-electron chi connectivity index (χ3n) is 2.10. The van der Waals surface area contributed by atoms with Crippen molar-refractivity contribution in [2.75, 3.05) is 7.11 Å². The number of carboxylic acids is 1. The Balaban J connectivity index is 3.57. The van der Waals surface area contributed by atoms with Gasteiger partial charge in [-0.15, -0.1) is 0 Å². The summed E-state index contributed by atoms with van der Waals surface area (Å²) in [4.78, 5) is 15.3. The highest BCUT2D eigenvalue weighted by molar-refractivity contribution is 6.29. The number of hydrogen-bond acceptors (Lipinski definition) is 3. The van der Waals surface area contributed by atoms with E-state index in [4.69, 9.17) is 21.4 Å². The largest absolute Gasteiger partial charge is 0.496 e. The first kappa shape index (κ1) is 12.8. The number of aromatic carboxylic acids is 1. The van der Waals surface area contributed by atoms with Crippen LogP contribution in [0.3, 0.4) is 0 Å². The number of rotatable bonds is 2. The van der Waals surface area contributed by atoms with Gasteiger partial charge < -0.3 is 9.84 Å². The molecule has 0 radical (unpaired) electrons. The molecule has 0 aliphatic heterocycles. The van der Waals surface area contributed by atoms with Crippen LogP contribution in [0.5, 0.6) is 5.75 Å². The maximum Gasteiger partial charge on any atom is 0.341 e. The van der Waals surface area contributed by atoms with Gasteiger partial charge in [-0.1, -0.05) is 32.4 Å². The predicted molar refractivity (Wildman–Crippen MR) is 61.5 cm³/mol. The van der Waals surface area contributed by atoms with Crippen molar-refractivity contribution in [3.63, 3.8) is 0 Å². The van der Waals surface area contributed by atoms with Gasteiger partial charge in [-0.25, -0.2) is 9.78 Å². The molecule has 88 valence electrons. The van der Waals surface area contributed by atoms with Crippen molar-refractivity contribution in [2.45, 2.75) is 26.2 Å². The average Bonchev–Trinajstić information content (AvgIpc) is 2.14. The van der Waals surface area contributed by atoms with Crippen molar-refractivity contribution in [3.8, 4) is 5.75 Å². The van der Waals surface area contributed by atoms with Gasteiger partial charge in [0, 0.05) is 11.5 Å². The summed E-state index contributed by atoms with van der Waals surface area (Å²) in [6.07, 6.45) is 0. The third-order valence-corrected chi connectivity index (χ3v) is 2.29. The van der Waals surface area contributed by atoms with E-state index in [-0.39, 0.29) is 16.5 Å². The van der Waals surface area contributed by atoms with Gasteiger partial charge in [0.1, 0.15) is 16.5 Å². The number of methoxy groups -OCH3 is 1. The molecule has 0 spiro atoms. The van der Waals surface area contributed by atoms with Crippen LogP contribution in [-0.2, 0) is 5.41 Å². The van der Waals surface area contributed by atoms with E-state index >= 15 is 0 Å². The van der Waals surface area contributed by atoms with Crippen LogP contribution in [0.25, 0.3) is 0 Å². The fourth-order valence-electron chi connectivity index (χ4n) is 1.40. The Morgan fingerprint density at radius 1 is 1.50 bits per heavy atom. The number of pyridine rings is 1. The molecule has 0 fully saturated rings. The summed E-state index contributed by atoms with van der Waals surface area (Å²) in [6.45, 7) is 5.62. The molecular weight excluding hydrogens is 230 g/mol. The maximum absolute atomic E-state index is 11.2. The normalized spacial score (nSPS) is 11.3. The zero-order valence-electron chi connectivity index (χ0n) is 9.67. The first-order valence-electron chi connectivity index (χ1n) is 4.75. The third kappa shape index (κ3) is 2.44. The van der Waals surface area contributed by atoms with Crippen molar-refractivity contribution in [1.29, 1.82) is 0 Å². The van der Waals surface area contributed by atoms with E-state index < -0.39 is 11.4 Å². The Bertz CT molecular complexity index is 424. The van der Waals surface area contributed by atoms with Crippen molar-refractivity contribution < 1.29 is 14.6 Å². The van der Waals surface area contributed by atoms with E-state index in [2.05, 4.69) is 4.98 Å². The summed E-state index contributed by atoms with van der Waals surface area (Å²) in [5.41, 5.74) is 0.0788. The molecular formula is C11H14ClNO3. The summed E-state index contributed by atoms with van der Waals surface area (Å²) < 4.78 is 5.02. The minimum Gasteiger partial charge on any atom is -0.496 e. The maximum atomic E-state index is 11.2. The van der Waals surface area contributed by atoms with E-state index in [1.165, 1.54) is 13.2 Å². The first-order valence-corrected chi connectivity index (χ1v) is 5.13. The Morgan fingerprint density at radius 3 is 2.44 bits per heavy atom. The van der Waals surface area contributed by atoms with Crippen LogP contribution >= 0.6 is 11.6 Å². The topological polar surface area (TPSA) is 59.4 Å². The van der Waals surface area contributed by atoms with Crippen molar-refractivity contribution >= 4 is 17.6 Å². The lowest BCUT2D eigenvalue weighted by Crippen LogP contribution is -2.20. The molecule has 1 N–H and O–H groups in total.